The number of rotatable bonds is 11. The van der Waals surface area contributed by atoms with E-state index >= 15 is 0 Å². The van der Waals surface area contributed by atoms with Crippen molar-refractivity contribution in [3.8, 4) is 11.5 Å². The Hall–Kier alpha value is -1.99. The van der Waals surface area contributed by atoms with Gasteiger partial charge in [-0.25, -0.2) is 0 Å². The second kappa shape index (κ2) is 12.9. The highest BCUT2D eigenvalue weighted by Gasteiger charge is 2.34. The SMILES string of the molecule is CN=C(NCCCOCC1CCOC1)NCC1(c2ccc(OC)c(OC)c2)CCCCC1. The molecule has 1 atom stereocenters. The van der Waals surface area contributed by atoms with Crippen LogP contribution in [-0.4, -0.2) is 66.7 Å². The van der Waals surface area contributed by atoms with E-state index in [1.807, 2.05) is 13.1 Å². The lowest BCUT2D eigenvalue weighted by Crippen LogP contribution is -2.46. The monoisotopic (exact) mass is 447 g/mol. The van der Waals surface area contributed by atoms with Gasteiger partial charge in [0.15, 0.2) is 17.5 Å². The normalized spacial score (nSPS) is 20.7. The minimum atomic E-state index is 0.0713. The van der Waals surface area contributed by atoms with Gasteiger partial charge in [-0.1, -0.05) is 25.3 Å². The van der Waals surface area contributed by atoms with Crippen LogP contribution in [0.2, 0.25) is 0 Å². The maximum atomic E-state index is 5.80. The summed E-state index contributed by atoms with van der Waals surface area (Å²) < 4.78 is 22.2. The van der Waals surface area contributed by atoms with Gasteiger partial charge < -0.3 is 29.6 Å². The van der Waals surface area contributed by atoms with Crippen LogP contribution < -0.4 is 20.1 Å². The average molecular weight is 448 g/mol. The molecule has 180 valence electrons. The van der Waals surface area contributed by atoms with Crippen LogP contribution in [0.5, 0.6) is 11.5 Å². The number of ether oxygens (including phenoxy) is 4. The minimum absolute atomic E-state index is 0.0713. The first kappa shape index (κ1) is 24.6. The molecule has 2 fully saturated rings. The maximum Gasteiger partial charge on any atom is 0.191 e. The van der Waals surface area contributed by atoms with Crippen molar-refractivity contribution in [1.82, 2.24) is 10.6 Å². The van der Waals surface area contributed by atoms with Crippen LogP contribution in [0.25, 0.3) is 0 Å². The number of guanidine groups is 1. The summed E-state index contributed by atoms with van der Waals surface area (Å²) in [5.41, 5.74) is 1.38. The molecule has 1 aliphatic carbocycles. The van der Waals surface area contributed by atoms with E-state index in [4.69, 9.17) is 18.9 Å². The number of nitrogens with one attached hydrogen (secondary N) is 2. The van der Waals surface area contributed by atoms with Crippen LogP contribution in [0.3, 0.4) is 0 Å². The van der Waals surface area contributed by atoms with E-state index in [9.17, 15) is 0 Å². The third-order valence-electron chi connectivity index (χ3n) is 6.76. The number of hydrogen-bond acceptors (Lipinski definition) is 5. The Morgan fingerprint density at radius 2 is 1.94 bits per heavy atom. The van der Waals surface area contributed by atoms with Crippen LogP contribution in [0, 0.1) is 5.92 Å². The molecule has 0 spiro atoms. The first-order valence-corrected chi connectivity index (χ1v) is 12.0. The second-order valence-electron chi connectivity index (χ2n) is 8.92. The molecule has 1 aliphatic heterocycles. The fourth-order valence-electron chi connectivity index (χ4n) is 4.78. The minimum Gasteiger partial charge on any atom is -0.493 e. The highest BCUT2D eigenvalue weighted by atomic mass is 16.5. The van der Waals surface area contributed by atoms with E-state index in [1.54, 1.807) is 14.2 Å². The van der Waals surface area contributed by atoms with Gasteiger partial charge in [0.1, 0.15) is 0 Å². The van der Waals surface area contributed by atoms with Gasteiger partial charge in [-0.15, -0.1) is 0 Å². The van der Waals surface area contributed by atoms with Gasteiger partial charge in [-0.05, 0) is 43.4 Å². The molecular weight excluding hydrogens is 406 g/mol. The summed E-state index contributed by atoms with van der Waals surface area (Å²) in [5, 5.41) is 7.03. The molecule has 1 aromatic carbocycles. The molecule has 7 nitrogen and oxygen atoms in total. The Morgan fingerprint density at radius 1 is 1.12 bits per heavy atom. The first-order valence-electron chi connectivity index (χ1n) is 12.0. The standard InChI is InChI=1S/C25H41N3O4/c1-26-24(27-13-7-14-31-17-20-10-15-32-18-20)28-19-25(11-5-4-6-12-25)21-8-9-22(29-2)23(16-21)30-3/h8-9,16,20H,4-7,10-15,17-19H2,1-3H3,(H2,26,27,28). The molecule has 1 aromatic rings. The third kappa shape index (κ3) is 6.75. The van der Waals surface area contributed by atoms with Gasteiger partial charge in [0, 0.05) is 44.7 Å². The van der Waals surface area contributed by atoms with Crippen molar-refractivity contribution in [1.29, 1.82) is 0 Å². The predicted molar refractivity (Wildman–Crippen MR) is 128 cm³/mol. The maximum absolute atomic E-state index is 5.80. The zero-order valence-electron chi connectivity index (χ0n) is 20.1. The fraction of sp³-hybridized carbons (Fsp3) is 0.720. The molecule has 1 heterocycles. The molecule has 0 radical (unpaired) electrons. The van der Waals surface area contributed by atoms with Crippen molar-refractivity contribution in [2.24, 2.45) is 10.9 Å². The van der Waals surface area contributed by atoms with E-state index in [1.165, 1.54) is 24.8 Å². The van der Waals surface area contributed by atoms with Crippen LogP contribution in [0.4, 0.5) is 0 Å². The van der Waals surface area contributed by atoms with Gasteiger partial charge in [0.2, 0.25) is 0 Å². The van der Waals surface area contributed by atoms with E-state index in [0.717, 1.165) is 82.7 Å². The Labute approximate surface area is 193 Å². The van der Waals surface area contributed by atoms with Crippen molar-refractivity contribution in [2.75, 3.05) is 60.8 Å². The average Bonchev–Trinajstić information content (AvgIpc) is 3.36. The summed E-state index contributed by atoms with van der Waals surface area (Å²) >= 11 is 0. The Morgan fingerprint density at radius 3 is 2.62 bits per heavy atom. The van der Waals surface area contributed by atoms with Gasteiger partial charge in [-0.2, -0.15) is 0 Å². The molecule has 2 N–H and O–H groups in total. The van der Waals surface area contributed by atoms with Gasteiger partial charge in [0.25, 0.3) is 0 Å². The number of benzene rings is 1. The smallest absolute Gasteiger partial charge is 0.191 e. The summed E-state index contributed by atoms with van der Waals surface area (Å²) in [4.78, 5) is 4.43. The fourth-order valence-corrected chi connectivity index (χ4v) is 4.78. The third-order valence-corrected chi connectivity index (χ3v) is 6.76. The molecule has 1 unspecified atom stereocenters. The summed E-state index contributed by atoms with van der Waals surface area (Å²) in [6, 6.07) is 6.36. The topological polar surface area (TPSA) is 73.3 Å². The lowest BCUT2D eigenvalue weighted by atomic mass is 9.69. The lowest BCUT2D eigenvalue weighted by molar-refractivity contribution is 0.0888. The summed E-state index contributed by atoms with van der Waals surface area (Å²) in [6.45, 7) is 4.97. The number of aliphatic imine (C=N–C) groups is 1. The highest BCUT2D eigenvalue weighted by Crippen LogP contribution is 2.42. The zero-order chi connectivity index (χ0) is 22.7. The molecule has 3 rings (SSSR count). The molecule has 0 bridgehead atoms. The second-order valence-corrected chi connectivity index (χ2v) is 8.92. The van der Waals surface area contributed by atoms with E-state index in [2.05, 4.69) is 27.8 Å². The predicted octanol–water partition coefficient (Wildman–Crippen LogP) is 3.51. The van der Waals surface area contributed by atoms with Gasteiger partial charge >= 0.3 is 0 Å². The number of hydrogen-bond donors (Lipinski definition) is 2. The van der Waals surface area contributed by atoms with Crippen LogP contribution in [-0.2, 0) is 14.9 Å². The number of nitrogens with zero attached hydrogens (tertiary/aromatic N) is 1. The van der Waals surface area contributed by atoms with Gasteiger partial charge in [-0.3, -0.25) is 4.99 Å². The van der Waals surface area contributed by atoms with Gasteiger partial charge in [0.05, 0.1) is 27.4 Å². The summed E-state index contributed by atoms with van der Waals surface area (Å²) in [5.74, 6) is 2.98. The molecule has 1 saturated carbocycles. The molecule has 0 aromatic heterocycles. The molecule has 7 heteroatoms. The zero-order valence-corrected chi connectivity index (χ0v) is 20.1. The molecule has 1 saturated heterocycles. The summed E-state index contributed by atoms with van der Waals surface area (Å²) in [6.07, 6.45) is 8.17. The Bertz CT molecular complexity index is 713. The van der Waals surface area contributed by atoms with Crippen molar-refractivity contribution in [3.05, 3.63) is 23.8 Å². The van der Waals surface area contributed by atoms with Crippen molar-refractivity contribution >= 4 is 5.96 Å². The molecule has 0 amide bonds. The van der Waals surface area contributed by atoms with Crippen LogP contribution >= 0.6 is 0 Å². The first-order chi connectivity index (χ1) is 15.7. The molecule has 32 heavy (non-hydrogen) atoms. The number of methoxy groups -OCH3 is 2. The van der Waals surface area contributed by atoms with Crippen molar-refractivity contribution in [2.45, 2.75) is 50.4 Å². The van der Waals surface area contributed by atoms with Crippen molar-refractivity contribution in [3.63, 3.8) is 0 Å². The lowest BCUT2D eigenvalue weighted by Gasteiger charge is -2.38. The van der Waals surface area contributed by atoms with E-state index < -0.39 is 0 Å². The highest BCUT2D eigenvalue weighted by molar-refractivity contribution is 5.79. The van der Waals surface area contributed by atoms with Crippen LogP contribution in [0.1, 0.15) is 50.5 Å². The van der Waals surface area contributed by atoms with E-state index in [0.29, 0.717) is 5.92 Å². The molecule has 2 aliphatic rings. The van der Waals surface area contributed by atoms with E-state index in [-0.39, 0.29) is 5.41 Å². The molecular formula is C25H41N3O4. The quantitative estimate of drug-likeness (QED) is 0.307. The van der Waals surface area contributed by atoms with Crippen molar-refractivity contribution < 1.29 is 18.9 Å². The Kier molecular flexibility index (Phi) is 9.93. The Balaban J connectivity index is 1.50. The van der Waals surface area contributed by atoms with Crippen LogP contribution in [0.15, 0.2) is 23.2 Å². The summed E-state index contributed by atoms with van der Waals surface area (Å²) in [7, 11) is 5.21. The largest absolute Gasteiger partial charge is 0.493 e.